The van der Waals surface area contributed by atoms with Crippen molar-refractivity contribution in [1.29, 1.82) is 0 Å². The van der Waals surface area contributed by atoms with E-state index in [-0.39, 0.29) is 0 Å². The predicted molar refractivity (Wildman–Crippen MR) is 119 cm³/mol. The molecule has 0 aliphatic carbocycles. The van der Waals surface area contributed by atoms with Crippen molar-refractivity contribution in [3.05, 3.63) is 66.4 Å². The molecule has 3 aromatic rings. The molecule has 0 spiro atoms. The molecule has 2 N–H and O–H groups in total. The van der Waals surface area contributed by atoms with Crippen molar-refractivity contribution >= 4 is 5.96 Å². The molecular weight excluding hydrogens is 394 g/mol. The lowest BCUT2D eigenvalue weighted by Crippen LogP contribution is -2.38. The van der Waals surface area contributed by atoms with Gasteiger partial charge in [-0.05, 0) is 17.7 Å². The van der Waals surface area contributed by atoms with E-state index in [2.05, 4.69) is 37.7 Å². The summed E-state index contributed by atoms with van der Waals surface area (Å²) in [6.45, 7) is 5.07. The van der Waals surface area contributed by atoms with Crippen LogP contribution in [0, 0.1) is 0 Å². The molecule has 0 saturated heterocycles. The van der Waals surface area contributed by atoms with Gasteiger partial charge in [-0.25, -0.2) is 4.98 Å². The summed E-state index contributed by atoms with van der Waals surface area (Å²) >= 11 is 0. The van der Waals surface area contributed by atoms with Crippen LogP contribution in [0.1, 0.15) is 18.3 Å². The number of para-hydroxylation sites is 1. The van der Waals surface area contributed by atoms with Gasteiger partial charge < -0.3 is 24.7 Å². The molecule has 1 aromatic carbocycles. The first-order valence-corrected chi connectivity index (χ1v) is 10.3. The van der Waals surface area contributed by atoms with Gasteiger partial charge in [0.2, 0.25) is 5.88 Å². The van der Waals surface area contributed by atoms with Gasteiger partial charge >= 0.3 is 0 Å². The Morgan fingerprint density at radius 2 is 1.90 bits per heavy atom. The van der Waals surface area contributed by atoms with E-state index in [4.69, 9.17) is 9.47 Å². The number of ether oxygens (including phenoxy) is 2. The molecular formula is C22H29N7O2. The Morgan fingerprint density at radius 3 is 2.65 bits per heavy atom. The van der Waals surface area contributed by atoms with Crippen molar-refractivity contribution in [2.24, 2.45) is 4.99 Å². The average molecular weight is 424 g/mol. The Bertz CT molecular complexity index is 927. The highest BCUT2D eigenvalue weighted by molar-refractivity contribution is 5.79. The maximum Gasteiger partial charge on any atom is 0.213 e. The summed E-state index contributed by atoms with van der Waals surface area (Å²) in [5.41, 5.74) is 1.03. The fourth-order valence-corrected chi connectivity index (χ4v) is 2.86. The highest BCUT2D eigenvalue weighted by Gasteiger charge is 2.03. The van der Waals surface area contributed by atoms with Crippen LogP contribution in [0.5, 0.6) is 11.6 Å². The fraction of sp³-hybridized carbons (Fsp3) is 0.364. The summed E-state index contributed by atoms with van der Waals surface area (Å²) in [6, 6.07) is 13.5. The molecule has 2 heterocycles. The first-order valence-electron chi connectivity index (χ1n) is 10.3. The quantitative estimate of drug-likeness (QED) is 0.277. The van der Waals surface area contributed by atoms with E-state index in [1.165, 1.54) is 0 Å². The molecule has 0 aliphatic rings. The maximum absolute atomic E-state index is 5.63. The topological polar surface area (TPSA) is 98.5 Å². The van der Waals surface area contributed by atoms with Crippen LogP contribution < -0.4 is 20.1 Å². The minimum Gasteiger partial charge on any atom is -0.490 e. The van der Waals surface area contributed by atoms with E-state index in [9.17, 15) is 0 Å². The van der Waals surface area contributed by atoms with Crippen LogP contribution in [0.2, 0.25) is 0 Å². The second-order valence-electron chi connectivity index (χ2n) is 6.66. The third-order valence-corrected chi connectivity index (χ3v) is 4.48. The molecule has 3 rings (SSSR count). The second kappa shape index (κ2) is 12.2. The van der Waals surface area contributed by atoms with Gasteiger partial charge in [0, 0.05) is 45.4 Å². The number of aliphatic imine (C=N–C) groups is 1. The van der Waals surface area contributed by atoms with Crippen LogP contribution in [0.25, 0.3) is 0 Å². The van der Waals surface area contributed by atoms with Crippen LogP contribution in [0.15, 0.2) is 60.0 Å². The van der Waals surface area contributed by atoms with E-state index in [0.717, 1.165) is 42.6 Å². The van der Waals surface area contributed by atoms with Gasteiger partial charge in [0.25, 0.3) is 0 Å². The van der Waals surface area contributed by atoms with Crippen LogP contribution in [0.3, 0.4) is 0 Å². The van der Waals surface area contributed by atoms with Gasteiger partial charge in [-0.1, -0.05) is 31.2 Å². The zero-order chi connectivity index (χ0) is 21.7. The standard InChI is InChI=1S/C22H29N7O2/c1-3-20-28-27-17-29(20)12-11-24-22(23-2)26-16-18-9-10-21(25-15-18)31-14-13-30-19-7-5-4-6-8-19/h4-10,15,17H,3,11-14,16H2,1-2H3,(H2,23,24,26). The number of aromatic nitrogens is 4. The fourth-order valence-electron chi connectivity index (χ4n) is 2.86. The Hall–Kier alpha value is -3.62. The van der Waals surface area contributed by atoms with Gasteiger partial charge in [0.05, 0.1) is 0 Å². The lowest BCUT2D eigenvalue weighted by Gasteiger charge is -2.13. The Kier molecular flexibility index (Phi) is 8.66. The minimum absolute atomic E-state index is 0.433. The maximum atomic E-state index is 5.63. The number of pyridine rings is 1. The van der Waals surface area contributed by atoms with Crippen molar-refractivity contribution in [3.63, 3.8) is 0 Å². The largest absolute Gasteiger partial charge is 0.490 e. The number of hydrogen-bond acceptors (Lipinski definition) is 6. The highest BCUT2D eigenvalue weighted by Crippen LogP contribution is 2.10. The van der Waals surface area contributed by atoms with Crippen LogP contribution in [-0.4, -0.2) is 52.5 Å². The predicted octanol–water partition coefficient (Wildman–Crippen LogP) is 2.06. The van der Waals surface area contributed by atoms with Crippen LogP contribution in [0.4, 0.5) is 0 Å². The molecule has 2 aromatic heterocycles. The van der Waals surface area contributed by atoms with Crippen molar-refractivity contribution in [1.82, 2.24) is 30.4 Å². The van der Waals surface area contributed by atoms with E-state index in [1.54, 1.807) is 19.6 Å². The minimum atomic E-state index is 0.433. The first kappa shape index (κ1) is 22.1. The van der Waals surface area contributed by atoms with Gasteiger partial charge in [-0.15, -0.1) is 10.2 Å². The Labute approximate surface area is 182 Å². The van der Waals surface area contributed by atoms with E-state index >= 15 is 0 Å². The number of nitrogens with one attached hydrogen (secondary N) is 2. The van der Waals surface area contributed by atoms with Gasteiger partial charge in [-0.2, -0.15) is 0 Å². The molecule has 9 heteroatoms. The molecule has 9 nitrogen and oxygen atoms in total. The van der Waals surface area contributed by atoms with E-state index < -0.39 is 0 Å². The number of hydrogen-bond donors (Lipinski definition) is 2. The number of rotatable bonds is 11. The summed E-state index contributed by atoms with van der Waals surface area (Å²) in [5, 5.41) is 14.6. The summed E-state index contributed by atoms with van der Waals surface area (Å²) < 4.78 is 13.3. The van der Waals surface area contributed by atoms with Crippen LogP contribution >= 0.6 is 0 Å². The third kappa shape index (κ3) is 7.29. The second-order valence-corrected chi connectivity index (χ2v) is 6.66. The molecule has 0 amide bonds. The number of guanidine groups is 1. The number of benzene rings is 1. The van der Waals surface area contributed by atoms with Crippen molar-refractivity contribution in [2.75, 3.05) is 26.8 Å². The molecule has 0 fully saturated rings. The summed E-state index contributed by atoms with van der Waals surface area (Å²) in [4.78, 5) is 8.60. The molecule has 31 heavy (non-hydrogen) atoms. The zero-order valence-electron chi connectivity index (χ0n) is 18.0. The lowest BCUT2D eigenvalue weighted by atomic mass is 10.3. The molecule has 164 valence electrons. The summed E-state index contributed by atoms with van der Waals surface area (Å²) in [6.07, 6.45) is 4.40. The van der Waals surface area contributed by atoms with Crippen molar-refractivity contribution in [3.8, 4) is 11.6 Å². The highest BCUT2D eigenvalue weighted by atomic mass is 16.5. The normalized spacial score (nSPS) is 11.2. The van der Waals surface area contributed by atoms with E-state index in [1.807, 2.05) is 47.0 Å². The van der Waals surface area contributed by atoms with Crippen LogP contribution in [-0.2, 0) is 19.5 Å². The summed E-state index contributed by atoms with van der Waals surface area (Å²) in [5.74, 6) is 3.10. The summed E-state index contributed by atoms with van der Waals surface area (Å²) in [7, 11) is 1.75. The first-order chi connectivity index (χ1) is 15.3. The zero-order valence-corrected chi connectivity index (χ0v) is 18.0. The van der Waals surface area contributed by atoms with E-state index in [0.29, 0.717) is 25.6 Å². The molecule has 0 unspecified atom stereocenters. The average Bonchev–Trinajstić information content (AvgIpc) is 3.28. The molecule has 0 radical (unpaired) electrons. The Morgan fingerprint density at radius 1 is 1.06 bits per heavy atom. The van der Waals surface area contributed by atoms with Crippen molar-refractivity contribution < 1.29 is 9.47 Å². The Balaban J connectivity index is 1.34. The number of aryl methyl sites for hydroxylation is 1. The number of nitrogens with zero attached hydrogens (tertiary/aromatic N) is 5. The monoisotopic (exact) mass is 423 g/mol. The van der Waals surface area contributed by atoms with Gasteiger partial charge in [0.15, 0.2) is 5.96 Å². The smallest absolute Gasteiger partial charge is 0.213 e. The molecule has 0 saturated carbocycles. The van der Waals surface area contributed by atoms with Gasteiger partial charge in [0.1, 0.15) is 31.1 Å². The van der Waals surface area contributed by atoms with Crippen molar-refractivity contribution in [2.45, 2.75) is 26.4 Å². The van der Waals surface area contributed by atoms with Gasteiger partial charge in [-0.3, -0.25) is 4.99 Å². The lowest BCUT2D eigenvalue weighted by molar-refractivity contribution is 0.212. The molecule has 0 aliphatic heterocycles. The third-order valence-electron chi connectivity index (χ3n) is 4.48. The SMILES string of the molecule is CCc1nncn1CCNC(=NC)NCc1ccc(OCCOc2ccccc2)nc1. The molecule has 0 bridgehead atoms. The molecule has 0 atom stereocenters.